The third-order valence-corrected chi connectivity index (χ3v) is 5.51. The van der Waals surface area contributed by atoms with Crippen LogP contribution in [0, 0.1) is 0 Å². The molecule has 0 saturated carbocycles. The number of carbonyl (C=O) groups excluding carboxylic acids is 3. The first-order valence-electron chi connectivity index (χ1n) is 10.6. The van der Waals surface area contributed by atoms with Crippen molar-refractivity contribution >= 4 is 29.5 Å². The van der Waals surface area contributed by atoms with Crippen LogP contribution in [0.1, 0.15) is 66.2 Å². The molecule has 0 aromatic rings. The van der Waals surface area contributed by atoms with Crippen LogP contribution >= 0.6 is 11.8 Å². The molecule has 0 unspecified atom stereocenters. The Labute approximate surface area is 191 Å². The quantitative estimate of drug-likeness (QED) is 0.0873. The Morgan fingerprint density at radius 1 is 0.935 bits per heavy atom. The minimum atomic E-state index is -0.750. The van der Waals surface area contributed by atoms with Gasteiger partial charge in [0, 0.05) is 17.9 Å². The summed E-state index contributed by atoms with van der Waals surface area (Å²) >= 11 is 1.54. The van der Waals surface area contributed by atoms with Crippen molar-refractivity contribution < 1.29 is 19.1 Å². The van der Waals surface area contributed by atoms with Gasteiger partial charge in [0.25, 0.3) is 5.91 Å². The summed E-state index contributed by atoms with van der Waals surface area (Å²) in [5.74, 6) is 5.02. The minimum Gasteiger partial charge on any atom is -0.469 e. The zero-order valence-corrected chi connectivity index (χ0v) is 20.4. The normalized spacial score (nSPS) is 12.7. The van der Waals surface area contributed by atoms with Gasteiger partial charge in [-0.25, -0.2) is 5.84 Å². The van der Waals surface area contributed by atoms with Crippen molar-refractivity contribution in [2.45, 2.75) is 72.3 Å². The fourth-order valence-corrected chi connectivity index (χ4v) is 3.60. The minimum absolute atomic E-state index is 0.0305. The van der Waals surface area contributed by atoms with Gasteiger partial charge in [-0.3, -0.25) is 19.8 Å². The second-order valence-electron chi connectivity index (χ2n) is 7.70. The van der Waals surface area contributed by atoms with Gasteiger partial charge in [0.2, 0.25) is 5.91 Å². The number of methoxy groups -OCH3 is 1. The van der Waals surface area contributed by atoms with Crippen molar-refractivity contribution in [3.63, 3.8) is 0 Å². The molecule has 0 aliphatic rings. The molecule has 176 valence electrons. The summed E-state index contributed by atoms with van der Waals surface area (Å²) < 4.78 is 4.51. The highest BCUT2D eigenvalue weighted by Crippen LogP contribution is 2.13. The highest BCUT2D eigenvalue weighted by atomic mass is 32.2. The monoisotopic (exact) mass is 453 g/mol. The summed E-state index contributed by atoms with van der Waals surface area (Å²) in [6.45, 7) is 8.52. The molecule has 31 heavy (non-hydrogen) atoms. The van der Waals surface area contributed by atoms with E-state index >= 15 is 0 Å². The highest BCUT2D eigenvalue weighted by molar-refractivity contribution is 7.99. The van der Waals surface area contributed by atoms with Gasteiger partial charge >= 0.3 is 5.97 Å². The Kier molecular flexibility index (Phi) is 16.4. The molecule has 0 bridgehead atoms. The highest BCUT2D eigenvalue weighted by Gasteiger charge is 2.20. The third-order valence-electron chi connectivity index (χ3n) is 4.53. The number of allylic oxidation sites excluding steroid dienone is 5. The van der Waals surface area contributed by atoms with E-state index in [0.29, 0.717) is 5.75 Å². The number of nitrogens with one attached hydrogen (secondary N) is 2. The van der Waals surface area contributed by atoms with Crippen LogP contribution in [0.15, 0.2) is 34.9 Å². The topological polar surface area (TPSA) is 111 Å². The lowest BCUT2D eigenvalue weighted by Gasteiger charge is -2.16. The molecular formula is C23H39N3O4S. The molecule has 1 atom stereocenters. The van der Waals surface area contributed by atoms with Gasteiger partial charge in [0.05, 0.1) is 13.5 Å². The largest absolute Gasteiger partial charge is 0.469 e. The van der Waals surface area contributed by atoms with Gasteiger partial charge in [-0.15, -0.1) is 0 Å². The number of carbonyl (C=O) groups is 3. The summed E-state index contributed by atoms with van der Waals surface area (Å²) in [7, 11) is 1.26. The second-order valence-corrected chi connectivity index (χ2v) is 8.78. The van der Waals surface area contributed by atoms with Crippen molar-refractivity contribution in [1.82, 2.24) is 10.7 Å². The number of ether oxygens (including phenoxy) is 1. The summed E-state index contributed by atoms with van der Waals surface area (Å²) in [6.07, 6.45) is 10.8. The van der Waals surface area contributed by atoms with Crippen molar-refractivity contribution in [2.24, 2.45) is 5.84 Å². The average molecular weight is 454 g/mol. The van der Waals surface area contributed by atoms with E-state index in [0.717, 1.165) is 31.4 Å². The summed E-state index contributed by atoms with van der Waals surface area (Å²) in [4.78, 5) is 35.0. The maximum atomic E-state index is 11.9. The number of hydrogen-bond donors (Lipinski definition) is 3. The molecule has 7 nitrogen and oxygen atoms in total. The van der Waals surface area contributed by atoms with E-state index in [9.17, 15) is 14.4 Å². The maximum Gasteiger partial charge on any atom is 0.306 e. The molecule has 0 heterocycles. The van der Waals surface area contributed by atoms with Gasteiger partial charge in [-0.1, -0.05) is 34.9 Å². The average Bonchev–Trinajstić information content (AvgIpc) is 2.73. The molecule has 0 rings (SSSR count). The van der Waals surface area contributed by atoms with E-state index in [1.165, 1.54) is 35.6 Å². The third kappa shape index (κ3) is 16.3. The summed E-state index contributed by atoms with van der Waals surface area (Å²) in [5, 5.41) is 2.61. The van der Waals surface area contributed by atoms with Crippen LogP contribution in [-0.4, -0.2) is 42.4 Å². The van der Waals surface area contributed by atoms with Crippen LogP contribution in [0.25, 0.3) is 0 Å². The van der Waals surface area contributed by atoms with Gasteiger partial charge < -0.3 is 10.1 Å². The number of nitrogens with two attached hydrogens (primary N) is 1. The molecule has 0 aliphatic heterocycles. The van der Waals surface area contributed by atoms with E-state index in [4.69, 9.17) is 5.84 Å². The molecule has 0 fully saturated rings. The maximum absolute atomic E-state index is 11.9. The standard InChI is InChI=1S/C23H39N3O4S/c1-17(2)8-6-9-18(3)10-7-11-19(4)14-15-31-16-20(23(29)26-24)25-21(27)12-13-22(28)30-5/h8,10,14,20H,6-7,9,11-13,15-16,24H2,1-5H3,(H,25,27)(H,26,29)/b18-10+,19-14+/t20-/m0/s1. The van der Waals surface area contributed by atoms with Crippen LogP contribution < -0.4 is 16.6 Å². The SMILES string of the molecule is COC(=O)CCC(=O)N[C@@H](CSC/C=C(\C)CC/C=C(\C)CCC=C(C)C)C(=O)NN. The molecule has 0 aliphatic carbocycles. The summed E-state index contributed by atoms with van der Waals surface area (Å²) in [6, 6.07) is -0.750. The Morgan fingerprint density at radius 3 is 2.13 bits per heavy atom. The lowest BCUT2D eigenvalue weighted by Crippen LogP contribution is -2.50. The van der Waals surface area contributed by atoms with Gasteiger partial charge in [-0.2, -0.15) is 11.8 Å². The lowest BCUT2D eigenvalue weighted by molar-refractivity contribution is -0.142. The zero-order chi connectivity index (χ0) is 23.6. The summed E-state index contributed by atoms with van der Waals surface area (Å²) in [5.41, 5.74) is 6.14. The molecule has 0 aromatic carbocycles. The van der Waals surface area contributed by atoms with E-state index in [2.05, 4.69) is 61.4 Å². The Hall–Kier alpha value is -2.06. The molecule has 0 radical (unpaired) electrons. The van der Waals surface area contributed by atoms with Crippen LogP contribution in [0.5, 0.6) is 0 Å². The first kappa shape index (κ1) is 28.9. The predicted molar refractivity (Wildman–Crippen MR) is 128 cm³/mol. The van der Waals surface area contributed by atoms with Crippen LogP contribution in [0.3, 0.4) is 0 Å². The first-order chi connectivity index (χ1) is 14.7. The number of thioether (sulfide) groups is 1. The van der Waals surface area contributed by atoms with E-state index in [1.54, 1.807) is 0 Å². The predicted octanol–water partition coefficient (Wildman–Crippen LogP) is 3.57. The molecule has 0 aromatic heterocycles. The van der Waals surface area contributed by atoms with E-state index < -0.39 is 23.8 Å². The van der Waals surface area contributed by atoms with Gasteiger partial charge in [-0.05, 0) is 53.4 Å². The molecule has 0 saturated heterocycles. The van der Waals surface area contributed by atoms with Gasteiger partial charge in [0.1, 0.15) is 6.04 Å². The van der Waals surface area contributed by atoms with Crippen molar-refractivity contribution in [3.8, 4) is 0 Å². The Bertz CT molecular complexity index is 668. The smallest absolute Gasteiger partial charge is 0.306 e. The fourth-order valence-electron chi connectivity index (χ4n) is 2.59. The number of hydrazine groups is 1. The number of amides is 2. The van der Waals surface area contributed by atoms with Crippen molar-refractivity contribution in [2.75, 3.05) is 18.6 Å². The number of hydrogen-bond acceptors (Lipinski definition) is 6. The Morgan fingerprint density at radius 2 is 1.55 bits per heavy atom. The number of esters is 1. The molecule has 8 heteroatoms. The van der Waals surface area contributed by atoms with Crippen molar-refractivity contribution in [1.29, 1.82) is 0 Å². The molecule has 4 N–H and O–H groups in total. The van der Waals surface area contributed by atoms with E-state index in [-0.39, 0.29) is 12.8 Å². The lowest BCUT2D eigenvalue weighted by atomic mass is 10.1. The number of rotatable bonds is 15. The van der Waals surface area contributed by atoms with E-state index in [1.807, 2.05) is 0 Å². The van der Waals surface area contributed by atoms with Gasteiger partial charge in [0.15, 0.2) is 0 Å². The van der Waals surface area contributed by atoms with Crippen LogP contribution in [0.4, 0.5) is 0 Å². The first-order valence-corrected chi connectivity index (χ1v) is 11.7. The zero-order valence-electron chi connectivity index (χ0n) is 19.6. The van der Waals surface area contributed by atoms with Crippen LogP contribution in [0.2, 0.25) is 0 Å². The second kappa shape index (κ2) is 17.6. The van der Waals surface area contributed by atoms with Crippen molar-refractivity contribution in [3.05, 3.63) is 34.9 Å². The Balaban J connectivity index is 4.34. The van der Waals surface area contributed by atoms with Crippen LogP contribution in [-0.2, 0) is 19.1 Å². The fraction of sp³-hybridized carbons (Fsp3) is 0.609. The molecular weight excluding hydrogens is 414 g/mol. The molecule has 2 amide bonds. The molecule has 0 spiro atoms.